The van der Waals surface area contributed by atoms with Gasteiger partial charge in [-0.2, -0.15) is 5.10 Å². The Morgan fingerprint density at radius 3 is 2.22 bits per heavy atom. The average Bonchev–Trinajstić information content (AvgIpc) is 2.79. The Morgan fingerprint density at radius 1 is 0.875 bits per heavy atom. The average molecular weight is 456 g/mol. The number of hydrogen-bond donors (Lipinski definition) is 2. The molecule has 0 spiro atoms. The number of carbonyl (C=O) groups is 2. The molecule has 0 fully saturated rings. The van der Waals surface area contributed by atoms with E-state index in [1.54, 1.807) is 24.3 Å². The van der Waals surface area contributed by atoms with Crippen LogP contribution in [0.2, 0.25) is 5.02 Å². The second kappa shape index (κ2) is 14.4. The van der Waals surface area contributed by atoms with Gasteiger partial charge in [0.1, 0.15) is 0 Å². The maximum absolute atomic E-state index is 12.4. The van der Waals surface area contributed by atoms with E-state index in [2.05, 4.69) is 22.8 Å². The molecule has 0 aromatic heterocycles. The van der Waals surface area contributed by atoms with E-state index in [1.807, 2.05) is 31.2 Å². The van der Waals surface area contributed by atoms with E-state index in [-0.39, 0.29) is 11.8 Å². The molecule has 2 aromatic rings. The minimum Gasteiger partial charge on any atom is -0.322 e. The predicted molar refractivity (Wildman–Crippen MR) is 133 cm³/mol. The number of carbonyl (C=O) groups excluding carboxylic acids is 2. The Hall–Kier alpha value is -2.66. The molecular formula is C26H34ClN3O2. The first-order valence-electron chi connectivity index (χ1n) is 11.5. The highest BCUT2D eigenvalue weighted by atomic mass is 35.5. The summed E-state index contributed by atoms with van der Waals surface area (Å²) < 4.78 is 0. The molecule has 0 radical (unpaired) electrons. The number of anilines is 1. The molecule has 0 aliphatic carbocycles. The van der Waals surface area contributed by atoms with Gasteiger partial charge in [-0.3, -0.25) is 9.59 Å². The smallest absolute Gasteiger partial charge is 0.255 e. The lowest BCUT2D eigenvalue weighted by Crippen LogP contribution is -2.19. The summed E-state index contributed by atoms with van der Waals surface area (Å²) in [6, 6.07) is 14.1. The predicted octanol–water partition coefficient (Wildman–Crippen LogP) is 6.96. The first-order chi connectivity index (χ1) is 15.5. The van der Waals surface area contributed by atoms with Gasteiger partial charge in [0.15, 0.2) is 0 Å². The fourth-order valence-electron chi connectivity index (χ4n) is 3.31. The standard InChI is InChI=1S/C26H34ClN3O2/c1-3-4-5-6-7-8-9-10-14-25(31)30-29-20(2)22-12-11-13-24(19-22)28-26(32)21-15-17-23(27)18-16-21/h11-13,15-19H,3-10,14H2,1-2H3,(H,28,32)(H,30,31)/b29-20-. The van der Waals surface area contributed by atoms with Crippen molar-refractivity contribution in [2.45, 2.75) is 71.6 Å². The molecular weight excluding hydrogens is 422 g/mol. The Kier molecular flexibility index (Phi) is 11.5. The molecule has 2 aromatic carbocycles. The summed E-state index contributed by atoms with van der Waals surface area (Å²) in [7, 11) is 0. The van der Waals surface area contributed by atoms with Crippen LogP contribution in [0.5, 0.6) is 0 Å². The van der Waals surface area contributed by atoms with E-state index in [1.165, 1.54) is 38.5 Å². The van der Waals surface area contributed by atoms with Gasteiger partial charge in [0.25, 0.3) is 5.91 Å². The van der Waals surface area contributed by atoms with Gasteiger partial charge in [-0.25, -0.2) is 5.43 Å². The fourth-order valence-corrected chi connectivity index (χ4v) is 3.44. The summed E-state index contributed by atoms with van der Waals surface area (Å²) in [4.78, 5) is 24.5. The van der Waals surface area contributed by atoms with Crippen molar-refractivity contribution in [1.82, 2.24) is 5.43 Å². The van der Waals surface area contributed by atoms with Crippen LogP contribution in [-0.2, 0) is 4.79 Å². The molecule has 2 amide bonds. The van der Waals surface area contributed by atoms with Crippen molar-refractivity contribution in [2.24, 2.45) is 5.10 Å². The Labute approximate surface area is 196 Å². The largest absolute Gasteiger partial charge is 0.322 e. The quantitative estimate of drug-likeness (QED) is 0.194. The highest BCUT2D eigenvalue weighted by Crippen LogP contribution is 2.15. The van der Waals surface area contributed by atoms with Crippen LogP contribution in [0, 0.1) is 0 Å². The molecule has 172 valence electrons. The molecule has 2 N–H and O–H groups in total. The third kappa shape index (κ3) is 9.65. The number of hydrazone groups is 1. The summed E-state index contributed by atoms with van der Waals surface area (Å²) in [5.74, 6) is -0.283. The zero-order valence-electron chi connectivity index (χ0n) is 19.1. The Balaban J connectivity index is 1.77. The topological polar surface area (TPSA) is 70.6 Å². The summed E-state index contributed by atoms with van der Waals surface area (Å²) >= 11 is 5.87. The van der Waals surface area contributed by atoms with Crippen molar-refractivity contribution in [3.8, 4) is 0 Å². The van der Waals surface area contributed by atoms with Crippen LogP contribution < -0.4 is 10.7 Å². The number of hydrogen-bond acceptors (Lipinski definition) is 3. The number of nitrogens with one attached hydrogen (secondary N) is 2. The molecule has 0 aliphatic heterocycles. The van der Waals surface area contributed by atoms with E-state index in [4.69, 9.17) is 11.6 Å². The first kappa shape index (κ1) is 25.6. The highest BCUT2D eigenvalue weighted by molar-refractivity contribution is 6.30. The van der Waals surface area contributed by atoms with E-state index < -0.39 is 0 Å². The minimum atomic E-state index is -0.216. The van der Waals surface area contributed by atoms with Gasteiger partial charge >= 0.3 is 0 Å². The number of halogens is 1. The van der Waals surface area contributed by atoms with E-state index in [9.17, 15) is 9.59 Å². The molecule has 32 heavy (non-hydrogen) atoms. The number of nitrogens with zero attached hydrogens (tertiary/aromatic N) is 1. The zero-order valence-corrected chi connectivity index (χ0v) is 19.9. The Morgan fingerprint density at radius 2 is 1.53 bits per heavy atom. The maximum atomic E-state index is 12.4. The lowest BCUT2D eigenvalue weighted by Gasteiger charge is -2.08. The second-order valence-corrected chi connectivity index (χ2v) is 8.44. The molecule has 5 nitrogen and oxygen atoms in total. The van der Waals surface area contributed by atoms with Crippen LogP contribution in [-0.4, -0.2) is 17.5 Å². The van der Waals surface area contributed by atoms with Gasteiger partial charge in [-0.05, 0) is 55.3 Å². The Bertz CT molecular complexity index is 894. The van der Waals surface area contributed by atoms with E-state index in [0.717, 1.165) is 18.4 Å². The third-order valence-electron chi connectivity index (χ3n) is 5.25. The van der Waals surface area contributed by atoms with Crippen LogP contribution in [0.15, 0.2) is 53.6 Å². The van der Waals surface area contributed by atoms with E-state index in [0.29, 0.717) is 28.4 Å². The molecule has 0 heterocycles. The van der Waals surface area contributed by atoms with Crippen LogP contribution in [0.25, 0.3) is 0 Å². The van der Waals surface area contributed by atoms with Gasteiger partial charge in [0, 0.05) is 22.7 Å². The van der Waals surface area contributed by atoms with Gasteiger partial charge in [-0.1, -0.05) is 75.6 Å². The van der Waals surface area contributed by atoms with Gasteiger partial charge in [-0.15, -0.1) is 0 Å². The molecule has 2 rings (SSSR count). The molecule has 6 heteroatoms. The summed E-state index contributed by atoms with van der Waals surface area (Å²) in [5, 5.41) is 7.67. The SMILES string of the molecule is CCCCCCCCCCC(=O)N/N=C(/C)c1cccc(NC(=O)c2ccc(Cl)cc2)c1. The number of amides is 2. The summed E-state index contributed by atoms with van der Waals surface area (Å²) in [6.45, 7) is 4.05. The normalized spacial score (nSPS) is 11.3. The molecule has 0 aliphatic rings. The van der Waals surface area contributed by atoms with Crippen LogP contribution in [0.1, 0.15) is 87.6 Å². The fraction of sp³-hybridized carbons (Fsp3) is 0.423. The van der Waals surface area contributed by atoms with Crippen molar-refractivity contribution < 1.29 is 9.59 Å². The lowest BCUT2D eigenvalue weighted by atomic mass is 10.1. The molecule has 0 bridgehead atoms. The van der Waals surface area contributed by atoms with Gasteiger partial charge in [0.05, 0.1) is 5.71 Å². The second-order valence-electron chi connectivity index (χ2n) is 8.00. The van der Waals surface area contributed by atoms with Crippen LogP contribution >= 0.6 is 11.6 Å². The summed E-state index contributed by atoms with van der Waals surface area (Å²) in [5.41, 5.74) is 5.32. The van der Waals surface area contributed by atoms with Crippen LogP contribution in [0.4, 0.5) is 5.69 Å². The van der Waals surface area contributed by atoms with Crippen LogP contribution in [0.3, 0.4) is 0 Å². The van der Waals surface area contributed by atoms with Crippen molar-refractivity contribution in [3.05, 3.63) is 64.7 Å². The molecule has 0 saturated carbocycles. The first-order valence-corrected chi connectivity index (χ1v) is 11.9. The van der Waals surface area contributed by atoms with Crippen molar-refractivity contribution in [3.63, 3.8) is 0 Å². The molecule has 0 atom stereocenters. The zero-order chi connectivity index (χ0) is 23.2. The minimum absolute atomic E-state index is 0.0671. The number of unbranched alkanes of at least 4 members (excludes halogenated alkanes) is 7. The monoisotopic (exact) mass is 455 g/mol. The van der Waals surface area contributed by atoms with Gasteiger partial charge < -0.3 is 5.32 Å². The van der Waals surface area contributed by atoms with Crippen molar-refractivity contribution in [2.75, 3.05) is 5.32 Å². The van der Waals surface area contributed by atoms with Gasteiger partial charge in [0.2, 0.25) is 5.91 Å². The van der Waals surface area contributed by atoms with Crippen molar-refractivity contribution in [1.29, 1.82) is 0 Å². The lowest BCUT2D eigenvalue weighted by molar-refractivity contribution is -0.121. The molecule has 0 unspecified atom stereocenters. The highest BCUT2D eigenvalue weighted by Gasteiger charge is 2.07. The summed E-state index contributed by atoms with van der Waals surface area (Å²) in [6.07, 6.45) is 10.1. The number of benzene rings is 2. The van der Waals surface area contributed by atoms with E-state index >= 15 is 0 Å². The van der Waals surface area contributed by atoms with Crippen molar-refractivity contribution >= 4 is 34.8 Å². The third-order valence-corrected chi connectivity index (χ3v) is 5.50. The number of rotatable bonds is 13. The maximum Gasteiger partial charge on any atom is 0.255 e. The molecule has 0 saturated heterocycles.